The predicted molar refractivity (Wildman–Crippen MR) is 105 cm³/mol. The standard InChI is InChI=1S/C18H24N4O.2ClH/c1-12-8-15(10-19)11-21(12)18(23)16-9-13(2)22(14(16)3)17-6-4-5-7-20-17;;/h4-7,9,12,15H,8,10-11,19H2,1-3H3;2*1H. The third-order valence-corrected chi connectivity index (χ3v) is 4.80. The fraction of sp³-hybridized carbons (Fsp3) is 0.444. The maximum absolute atomic E-state index is 13.0. The molecule has 2 atom stereocenters. The summed E-state index contributed by atoms with van der Waals surface area (Å²) in [6.45, 7) is 7.49. The molecule has 3 heterocycles. The van der Waals surface area contributed by atoms with Crippen LogP contribution in [0.15, 0.2) is 30.5 Å². The summed E-state index contributed by atoms with van der Waals surface area (Å²) < 4.78 is 2.04. The number of aryl methyl sites for hydroxylation is 1. The number of aromatic nitrogens is 2. The Morgan fingerprint density at radius 1 is 1.32 bits per heavy atom. The Morgan fingerprint density at radius 3 is 2.60 bits per heavy atom. The largest absolute Gasteiger partial charge is 0.336 e. The van der Waals surface area contributed by atoms with Gasteiger partial charge in [0.15, 0.2) is 0 Å². The monoisotopic (exact) mass is 384 g/mol. The number of carbonyl (C=O) groups is 1. The van der Waals surface area contributed by atoms with Gasteiger partial charge in [0.05, 0.1) is 5.56 Å². The second-order valence-corrected chi connectivity index (χ2v) is 6.45. The molecule has 7 heteroatoms. The Labute approximate surface area is 161 Å². The lowest BCUT2D eigenvalue weighted by Crippen LogP contribution is -2.34. The first-order valence-electron chi connectivity index (χ1n) is 8.14. The van der Waals surface area contributed by atoms with Crippen molar-refractivity contribution in [2.75, 3.05) is 13.1 Å². The van der Waals surface area contributed by atoms with E-state index in [9.17, 15) is 4.79 Å². The summed E-state index contributed by atoms with van der Waals surface area (Å²) in [4.78, 5) is 19.4. The van der Waals surface area contributed by atoms with Crippen LogP contribution in [0, 0.1) is 19.8 Å². The average molecular weight is 385 g/mol. The fourth-order valence-electron chi connectivity index (χ4n) is 3.57. The van der Waals surface area contributed by atoms with Crippen LogP contribution in [0.5, 0.6) is 0 Å². The molecule has 0 radical (unpaired) electrons. The van der Waals surface area contributed by atoms with Gasteiger partial charge in [-0.25, -0.2) is 4.98 Å². The topological polar surface area (TPSA) is 64.2 Å². The van der Waals surface area contributed by atoms with Crippen LogP contribution in [0.25, 0.3) is 5.82 Å². The Hall–Kier alpha value is -1.56. The van der Waals surface area contributed by atoms with Crippen molar-refractivity contribution in [3.8, 4) is 5.82 Å². The van der Waals surface area contributed by atoms with Crippen LogP contribution in [-0.2, 0) is 0 Å². The number of rotatable bonds is 3. The molecule has 0 saturated carbocycles. The van der Waals surface area contributed by atoms with Crippen molar-refractivity contribution < 1.29 is 4.79 Å². The zero-order valence-corrected chi connectivity index (χ0v) is 16.4. The number of nitrogens with zero attached hydrogens (tertiary/aromatic N) is 3. The zero-order chi connectivity index (χ0) is 16.6. The lowest BCUT2D eigenvalue weighted by atomic mass is 10.1. The highest BCUT2D eigenvalue weighted by Crippen LogP contribution is 2.27. The minimum absolute atomic E-state index is 0. The summed E-state index contributed by atoms with van der Waals surface area (Å²) in [6.07, 6.45) is 2.76. The number of hydrogen-bond acceptors (Lipinski definition) is 3. The molecule has 2 aromatic rings. The minimum Gasteiger partial charge on any atom is -0.336 e. The van der Waals surface area contributed by atoms with Gasteiger partial charge in [-0.1, -0.05) is 6.07 Å². The van der Waals surface area contributed by atoms with E-state index in [1.165, 1.54) is 0 Å². The van der Waals surface area contributed by atoms with Gasteiger partial charge in [-0.05, 0) is 57.9 Å². The zero-order valence-electron chi connectivity index (χ0n) is 14.8. The summed E-state index contributed by atoms with van der Waals surface area (Å²) in [7, 11) is 0. The molecule has 0 bridgehead atoms. The van der Waals surface area contributed by atoms with Crippen molar-refractivity contribution >= 4 is 30.7 Å². The third kappa shape index (κ3) is 4.00. The fourth-order valence-corrected chi connectivity index (χ4v) is 3.57. The summed E-state index contributed by atoms with van der Waals surface area (Å²) in [6, 6.07) is 8.01. The lowest BCUT2D eigenvalue weighted by molar-refractivity contribution is 0.0742. The summed E-state index contributed by atoms with van der Waals surface area (Å²) in [5.74, 6) is 1.35. The Balaban J connectivity index is 0.00000156. The van der Waals surface area contributed by atoms with E-state index in [0.717, 1.165) is 35.7 Å². The van der Waals surface area contributed by atoms with Gasteiger partial charge in [-0.2, -0.15) is 0 Å². The molecule has 0 spiro atoms. The molecule has 1 amide bonds. The van der Waals surface area contributed by atoms with Crippen molar-refractivity contribution in [3.63, 3.8) is 0 Å². The Kier molecular flexibility index (Phi) is 7.47. The molecular weight excluding hydrogens is 359 g/mol. The second-order valence-electron chi connectivity index (χ2n) is 6.45. The van der Waals surface area contributed by atoms with Crippen LogP contribution in [0.2, 0.25) is 0 Å². The quantitative estimate of drug-likeness (QED) is 0.883. The van der Waals surface area contributed by atoms with Gasteiger partial charge >= 0.3 is 0 Å². The Morgan fingerprint density at radius 2 is 2.04 bits per heavy atom. The van der Waals surface area contributed by atoms with Crippen molar-refractivity contribution in [2.45, 2.75) is 33.2 Å². The van der Waals surface area contributed by atoms with Crippen molar-refractivity contribution in [3.05, 3.63) is 47.4 Å². The van der Waals surface area contributed by atoms with Crippen molar-refractivity contribution in [1.82, 2.24) is 14.5 Å². The number of hydrogen-bond donors (Lipinski definition) is 1. The van der Waals surface area contributed by atoms with Gasteiger partial charge in [0.1, 0.15) is 5.82 Å². The minimum atomic E-state index is 0. The number of halogens is 2. The normalized spacial score (nSPS) is 19.3. The van der Waals surface area contributed by atoms with E-state index in [0.29, 0.717) is 12.5 Å². The molecular formula is C18H26Cl2N4O. The second kappa shape index (κ2) is 8.70. The third-order valence-electron chi connectivity index (χ3n) is 4.80. The summed E-state index contributed by atoms with van der Waals surface area (Å²) >= 11 is 0. The molecule has 1 aliphatic rings. The lowest BCUT2D eigenvalue weighted by Gasteiger charge is -2.21. The van der Waals surface area contributed by atoms with E-state index < -0.39 is 0 Å². The molecule has 2 unspecified atom stereocenters. The van der Waals surface area contributed by atoms with Gasteiger partial charge in [0.2, 0.25) is 0 Å². The molecule has 1 aliphatic heterocycles. The number of carbonyl (C=O) groups excluding carboxylic acids is 1. The molecule has 0 aliphatic carbocycles. The summed E-state index contributed by atoms with van der Waals surface area (Å²) in [5, 5.41) is 0. The molecule has 1 fully saturated rings. The molecule has 2 aromatic heterocycles. The average Bonchev–Trinajstić information content (AvgIpc) is 3.07. The van der Waals surface area contributed by atoms with Gasteiger partial charge in [0.25, 0.3) is 5.91 Å². The highest BCUT2D eigenvalue weighted by atomic mass is 35.5. The highest BCUT2D eigenvalue weighted by molar-refractivity contribution is 5.96. The SMILES string of the molecule is Cc1cc(C(=O)N2CC(CN)CC2C)c(C)n1-c1ccccn1.Cl.Cl. The van der Waals surface area contributed by atoms with Crippen LogP contribution >= 0.6 is 24.8 Å². The van der Waals surface area contributed by atoms with Crippen molar-refractivity contribution in [2.24, 2.45) is 11.7 Å². The van der Waals surface area contributed by atoms with E-state index in [-0.39, 0.29) is 36.8 Å². The van der Waals surface area contributed by atoms with Crippen LogP contribution in [0.3, 0.4) is 0 Å². The van der Waals surface area contributed by atoms with Crippen LogP contribution in [0.1, 0.15) is 35.1 Å². The molecule has 5 nitrogen and oxygen atoms in total. The van der Waals surface area contributed by atoms with E-state index in [1.807, 2.05) is 47.6 Å². The first-order valence-corrected chi connectivity index (χ1v) is 8.14. The number of nitrogens with two attached hydrogens (primary N) is 1. The molecule has 2 N–H and O–H groups in total. The van der Waals surface area contributed by atoms with Gasteiger partial charge in [-0.15, -0.1) is 24.8 Å². The number of likely N-dealkylation sites (tertiary alicyclic amines) is 1. The first kappa shape index (κ1) is 21.5. The molecule has 25 heavy (non-hydrogen) atoms. The molecule has 1 saturated heterocycles. The molecule has 3 rings (SSSR count). The maximum atomic E-state index is 13.0. The highest BCUT2D eigenvalue weighted by Gasteiger charge is 2.33. The van der Waals surface area contributed by atoms with E-state index in [2.05, 4.69) is 11.9 Å². The smallest absolute Gasteiger partial charge is 0.255 e. The first-order chi connectivity index (χ1) is 11.0. The van der Waals surface area contributed by atoms with Crippen LogP contribution in [-0.4, -0.2) is 39.5 Å². The number of pyridine rings is 1. The van der Waals surface area contributed by atoms with Crippen molar-refractivity contribution in [1.29, 1.82) is 0 Å². The maximum Gasteiger partial charge on any atom is 0.255 e. The van der Waals surface area contributed by atoms with Crippen LogP contribution < -0.4 is 5.73 Å². The predicted octanol–water partition coefficient (Wildman–Crippen LogP) is 3.14. The Bertz CT molecular complexity index is 717. The summed E-state index contributed by atoms with van der Waals surface area (Å²) in [5.41, 5.74) is 8.50. The number of amides is 1. The van der Waals surface area contributed by atoms with Gasteiger partial charge in [0, 0.05) is 30.2 Å². The van der Waals surface area contributed by atoms with Crippen LogP contribution in [0.4, 0.5) is 0 Å². The molecule has 138 valence electrons. The molecule has 0 aromatic carbocycles. The van der Waals surface area contributed by atoms with E-state index >= 15 is 0 Å². The van der Waals surface area contributed by atoms with E-state index in [1.54, 1.807) is 6.20 Å². The van der Waals surface area contributed by atoms with E-state index in [4.69, 9.17) is 5.73 Å². The van der Waals surface area contributed by atoms with Gasteiger partial charge < -0.3 is 15.2 Å². The van der Waals surface area contributed by atoms with Gasteiger partial charge in [-0.3, -0.25) is 4.79 Å².